The molecule has 0 aromatic heterocycles. The first kappa shape index (κ1) is 23.6. The van der Waals surface area contributed by atoms with Crippen molar-refractivity contribution in [2.24, 2.45) is 11.8 Å². The molecule has 2 amide bonds. The third kappa shape index (κ3) is 3.35. The Morgan fingerprint density at radius 3 is 2.37 bits per heavy atom. The molecule has 2 saturated heterocycles. The fraction of sp³-hybridized carbons (Fsp3) is 0.207. The van der Waals surface area contributed by atoms with Crippen molar-refractivity contribution in [1.29, 1.82) is 0 Å². The van der Waals surface area contributed by atoms with Crippen LogP contribution in [-0.4, -0.2) is 41.7 Å². The van der Waals surface area contributed by atoms with Crippen LogP contribution in [0.3, 0.4) is 0 Å². The summed E-state index contributed by atoms with van der Waals surface area (Å²) in [6.45, 7) is 1.69. The van der Waals surface area contributed by atoms with Crippen molar-refractivity contribution in [2.45, 2.75) is 19.0 Å². The van der Waals surface area contributed by atoms with Crippen molar-refractivity contribution in [3.63, 3.8) is 0 Å². The molecule has 0 radical (unpaired) electrons. The molecule has 0 bridgehead atoms. The van der Waals surface area contributed by atoms with E-state index in [9.17, 15) is 24.5 Å². The molecule has 0 aliphatic carbocycles. The van der Waals surface area contributed by atoms with Gasteiger partial charge in [-0.1, -0.05) is 36.4 Å². The van der Waals surface area contributed by atoms with Gasteiger partial charge in [-0.2, -0.15) is 0 Å². The Kier molecular flexibility index (Phi) is 5.37. The number of aryl methyl sites for hydroxylation is 1. The highest BCUT2D eigenvalue weighted by Crippen LogP contribution is 2.50. The lowest BCUT2D eigenvalue weighted by atomic mass is 9.86. The number of rotatable bonds is 5. The van der Waals surface area contributed by atoms with Crippen molar-refractivity contribution in [1.82, 2.24) is 0 Å². The first-order valence-corrected chi connectivity index (χ1v) is 12.2. The fourth-order valence-electron chi connectivity index (χ4n) is 5.93. The Labute approximate surface area is 218 Å². The van der Waals surface area contributed by atoms with E-state index >= 15 is 0 Å². The van der Waals surface area contributed by atoms with Gasteiger partial charge in [0.1, 0.15) is 11.8 Å². The maximum absolute atomic E-state index is 14.1. The van der Waals surface area contributed by atoms with E-state index in [1.54, 1.807) is 31.2 Å². The van der Waals surface area contributed by atoms with Gasteiger partial charge in [0.05, 0.1) is 35.6 Å². The molecule has 0 N–H and O–H groups in total. The number of fused-ring (bicyclic) bond motifs is 5. The molecule has 2 fully saturated rings. The molecule has 3 aromatic rings. The minimum atomic E-state index is -0.962. The number of non-ortho nitro benzene ring substituents is 1. The highest BCUT2D eigenvalue weighted by Gasteiger charge is 2.64. The van der Waals surface area contributed by atoms with Crippen molar-refractivity contribution >= 4 is 40.7 Å². The number of para-hydroxylation sites is 1. The Morgan fingerprint density at radius 2 is 1.66 bits per heavy atom. The fourth-order valence-corrected chi connectivity index (χ4v) is 5.93. The average Bonchev–Trinajstić information content (AvgIpc) is 3.41. The van der Waals surface area contributed by atoms with E-state index < -0.39 is 40.7 Å². The number of hydrogen-bond acceptors (Lipinski definition) is 7. The summed E-state index contributed by atoms with van der Waals surface area (Å²) in [6.07, 6.45) is 3.78. The van der Waals surface area contributed by atoms with E-state index in [0.29, 0.717) is 16.9 Å². The van der Waals surface area contributed by atoms with Crippen molar-refractivity contribution in [3.05, 3.63) is 99.6 Å². The predicted molar refractivity (Wildman–Crippen MR) is 140 cm³/mol. The van der Waals surface area contributed by atoms with Crippen LogP contribution in [0.1, 0.15) is 21.5 Å². The monoisotopic (exact) mass is 509 g/mol. The van der Waals surface area contributed by atoms with E-state index in [-0.39, 0.29) is 17.2 Å². The number of hydrogen-bond donors (Lipinski definition) is 0. The first-order chi connectivity index (χ1) is 18.3. The minimum Gasteiger partial charge on any atom is -0.497 e. The molecule has 3 aliphatic rings. The molecule has 3 aliphatic heterocycles. The minimum absolute atomic E-state index is 0.172. The molecular formula is C29H23N3O6. The summed E-state index contributed by atoms with van der Waals surface area (Å²) >= 11 is 0. The summed E-state index contributed by atoms with van der Waals surface area (Å²) < 4.78 is 5.22. The van der Waals surface area contributed by atoms with Gasteiger partial charge in [0.2, 0.25) is 11.8 Å². The maximum Gasteiger partial charge on any atom is 0.271 e. The lowest BCUT2D eigenvalue weighted by Gasteiger charge is -2.36. The molecule has 38 heavy (non-hydrogen) atoms. The van der Waals surface area contributed by atoms with Crippen LogP contribution >= 0.6 is 0 Å². The maximum atomic E-state index is 14.1. The summed E-state index contributed by atoms with van der Waals surface area (Å²) in [4.78, 5) is 55.9. The summed E-state index contributed by atoms with van der Waals surface area (Å²) in [5.41, 5.74) is 2.57. The van der Waals surface area contributed by atoms with Gasteiger partial charge in [-0.25, -0.2) is 4.90 Å². The Morgan fingerprint density at radius 1 is 0.947 bits per heavy atom. The highest BCUT2D eigenvalue weighted by molar-refractivity contribution is 6.26. The number of nitro benzene ring substituents is 1. The quantitative estimate of drug-likeness (QED) is 0.220. The van der Waals surface area contributed by atoms with Gasteiger partial charge < -0.3 is 9.64 Å². The summed E-state index contributed by atoms with van der Waals surface area (Å²) in [5.74, 6) is -2.47. The molecule has 3 aromatic carbocycles. The average molecular weight is 510 g/mol. The zero-order valence-corrected chi connectivity index (χ0v) is 20.6. The third-order valence-corrected chi connectivity index (χ3v) is 7.70. The topological polar surface area (TPSA) is 110 Å². The van der Waals surface area contributed by atoms with Crippen LogP contribution in [0.4, 0.5) is 17.1 Å². The number of benzene rings is 3. The number of carbonyl (C=O) groups is 3. The predicted octanol–water partition coefficient (Wildman–Crippen LogP) is 4.18. The second kappa shape index (κ2) is 8.65. The summed E-state index contributed by atoms with van der Waals surface area (Å²) in [5, 5.41) is 11.4. The summed E-state index contributed by atoms with van der Waals surface area (Å²) in [6, 6.07) is 16.9. The molecule has 0 unspecified atom stereocenters. The normalized spacial score (nSPS) is 23.2. The van der Waals surface area contributed by atoms with E-state index in [1.807, 2.05) is 41.3 Å². The first-order valence-electron chi connectivity index (χ1n) is 12.2. The molecule has 0 spiro atoms. The Bertz CT molecular complexity index is 1550. The Hall–Kier alpha value is -4.79. The lowest BCUT2D eigenvalue weighted by Crippen LogP contribution is -2.49. The SMILES string of the molecule is COc1ccc(C(=O)[C@@H]2[C@@H]3C(=O)N(c4cc([N+](=O)[O-])ccc4C)C(=O)[C@@H]3[C@H]3C=Cc4ccccc4N32)cc1. The number of nitrogens with zero attached hydrogens (tertiary/aromatic N) is 3. The van der Waals surface area contributed by atoms with Gasteiger partial charge in [-0.15, -0.1) is 0 Å². The second-order valence-corrected chi connectivity index (χ2v) is 9.64. The number of methoxy groups -OCH3 is 1. The number of carbonyl (C=O) groups excluding carboxylic acids is 3. The lowest BCUT2D eigenvalue weighted by molar-refractivity contribution is -0.384. The van der Waals surface area contributed by atoms with Crippen molar-refractivity contribution < 1.29 is 24.0 Å². The van der Waals surface area contributed by atoms with Gasteiger partial charge in [0, 0.05) is 23.4 Å². The Balaban J connectivity index is 1.49. The van der Waals surface area contributed by atoms with Crippen molar-refractivity contribution in [3.8, 4) is 5.75 Å². The molecule has 0 saturated carbocycles. The van der Waals surface area contributed by atoms with Gasteiger partial charge >= 0.3 is 0 Å². The molecule has 4 atom stereocenters. The number of Topliss-reactive ketones (excluding diaryl/α,β-unsaturated/α-hetero) is 1. The highest BCUT2D eigenvalue weighted by atomic mass is 16.6. The van der Waals surface area contributed by atoms with Crippen LogP contribution in [0.15, 0.2) is 72.8 Å². The van der Waals surface area contributed by atoms with Gasteiger partial charge in [0.25, 0.3) is 5.69 Å². The van der Waals surface area contributed by atoms with Crippen LogP contribution in [0, 0.1) is 28.9 Å². The van der Waals surface area contributed by atoms with Gasteiger partial charge in [0.15, 0.2) is 5.78 Å². The number of amides is 2. The van der Waals surface area contributed by atoms with E-state index in [0.717, 1.165) is 16.2 Å². The molecule has 190 valence electrons. The van der Waals surface area contributed by atoms with Gasteiger partial charge in [-0.3, -0.25) is 24.5 Å². The van der Waals surface area contributed by atoms with Crippen LogP contribution < -0.4 is 14.5 Å². The van der Waals surface area contributed by atoms with Gasteiger partial charge in [-0.05, 0) is 48.4 Å². The zero-order chi connectivity index (χ0) is 26.7. The van der Waals surface area contributed by atoms with E-state index in [1.165, 1.54) is 25.3 Å². The van der Waals surface area contributed by atoms with E-state index in [2.05, 4.69) is 0 Å². The smallest absolute Gasteiger partial charge is 0.271 e. The number of ketones is 1. The van der Waals surface area contributed by atoms with Crippen LogP contribution in [0.5, 0.6) is 5.75 Å². The largest absolute Gasteiger partial charge is 0.497 e. The summed E-state index contributed by atoms with van der Waals surface area (Å²) in [7, 11) is 1.54. The van der Waals surface area contributed by atoms with Crippen LogP contribution in [0.2, 0.25) is 0 Å². The molecule has 9 heteroatoms. The van der Waals surface area contributed by atoms with Crippen LogP contribution in [-0.2, 0) is 9.59 Å². The third-order valence-electron chi connectivity index (χ3n) is 7.70. The number of nitro groups is 1. The number of imide groups is 1. The molecule has 6 rings (SSSR count). The number of anilines is 2. The molecule has 3 heterocycles. The molecular weight excluding hydrogens is 486 g/mol. The van der Waals surface area contributed by atoms with E-state index in [4.69, 9.17) is 4.74 Å². The standard InChI is InChI=1S/C29H23N3O6/c1-16-7-11-19(32(36)37)15-23(16)31-28(34)24-22-14-10-17-5-3-4-6-21(17)30(22)26(25(24)29(31)35)27(33)18-8-12-20(38-2)13-9-18/h3-15,22,24-26H,1-2H3/t22-,24-,25-,26+/m1/s1. The second-order valence-electron chi connectivity index (χ2n) is 9.64. The van der Waals surface area contributed by atoms with Crippen molar-refractivity contribution in [2.75, 3.05) is 16.9 Å². The molecule has 9 nitrogen and oxygen atoms in total. The number of ether oxygens (including phenoxy) is 1. The zero-order valence-electron chi connectivity index (χ0n) is 20.6. The van der Waals surface area contributed by atoms with Crippen LogP contribution in [0.25, 0.3) is 6.08 Å².